The predicted octanol–water partition coefficient (Wildman–Crippen LogP) is 3.59. The van der Waals surface area contributed by atoms with Gasteiger partial charge >= 0.3 is 0 Å². The average Bonchev–Trinajstić information content (AvgIpc) is 3.24. The minimum atomic E-state index is -1.33. The monoisotopic (exact) mass is 399 g/mol. The lowest BCUT2D eigenvalue weighted by atomic mass is 9.65. The van der Waals surface area contributed by atoms with Crippen LogP contribution in [-0.2, 0) is 9.59 Å². The number of nitrogens with zero attached hydrogens (tertiary/aromatic N) is 5. The number of nitriles is 1. The Morgan fingerprint density at radius 2 is 1.17 bits per heavy atom. The van der Waals surface area contributed by atoms with Crippen molar-refractivity contribution in [2.24, 2.45) is 27.5 Å². The smallest absolute Gasteiger partial charge is 0.257 e. The third-order valence-corrected chi connectivity index (χ3v) is 5.70. The molecule has 0 fully saturated rings. The van der Waals surface area contributed by atoms with Crippen LogP contribution in [0.4, 0.5) is 11.4 Å². The van der Waals surface area contributed by atoms with Crippen molar-refractivity contribution in [2.75, 3.05) is 10.0 Å². The van der Waals surface area contributed by atoms with E-state index in [1.54, 1.807) is 45.0 Å². The lowest BCUT2D eigenvalue weighted by Gasteiger charge is -2.32. The molecule has 0 spiro atoms. The first-order valence-electron chi connectivity index (χ1n) is 9.68. The second-order valence-corrected chi connectivity index (χ2v) is 7.71. The van der Waals surface area contributed by atoms with Gasteiger partial charge in [0.25, 0.3) is 11.8 Å². The second-order valence-electron chi connectivity index (χ2n) is 7.71. The zero-order chi connectivity index (χ0) is 21.5. The van der Waals surface area contributed by atoms with Gasteiger partial charge in [-0.2, -0.15) is 15.5 Å². The number of anilines is 2. The molecular weight excluding hydrogens is 378 g/mol. The molecule has 2 aromatic rings. The summed E-state index contributed by atoms with van der Waals surface area (Å²) in [5.41, 5.74) is 0.929. The minimum Gasteiger partial charge on any atom is -0.272 e. The fraction of sp³-hybridized carbons (Fsp3) is 0.261. The topological polar surface area (TPSA) is 89.1 Å². The van der Waals surface area contributed by atoms with Gasteiger partial charge in [0.15, 0.2) is 0 Å². The summed E-state index contributed by atoms with van der Waals surface area (Å²) in [6.45, 7) is 5.10. The Balaban J connectivity index is 1.70. The quantitative estimate of drug-likeness (QED) is 0.787. The molecule has 0 N–H and O–H groups in total. The molecule has 4 rings (SSSR count). The van der Waals surface area contributed by atoms with E-state index in [2.05, 4.69) is 16.3 Å². The van der Waals surface area contributed by atoms with Crippen molar-refractivity contribution in [3.8, 4) is 6.07 Å². The van der Waals surface area contributed by atoms with Gasteiger partial charge in [-0.25, -0.2) is 10.0 Å². The van der Waals surface area contributed by atoms with Crippen molar-refractivity contribution in [3.05, 3.63) is 60.7 Å². The van der Waals surface area contributed by atoms with Crippen LogP contribution in [0.3, 0.4) is 0 Å². The molecule has 0 aromatic heterocycles. The van der Waals surface area contributed by atoms with Crippen LogP contribution in [0, 0.1) is 28.6 Å². The van der Waals surface area contributed by atoms with E-state index < -0.39 is 17.3 Å². The highest BCUT2D eigenvalue weighted by atomic mass is 16.2. The number of benzene rings is 2. The van der Waals surface area contributed by atoms with Crippen molar-refractivity contribution in [2.45, 2.75) is 20.8 Å². The van der Waals surface area contributed by atoms with Crippen LogP contribution in [0.5, 0.6) is 0 Å². The van der Waals surface area contributed by atoms with Crippen LogP contribution < -0.4 is 10.0 Å². The van der Waals surface area contributed by atoms with Crippen LogP contribution in [0.2, 0.25) is 0 Å². The predicted molar refractivity (Wildman–Crippen MR) is 115 cm³/mol. The molecule has 2 aliphatic heterocycles. The summed E-state index contributed by atoms with van der Waals surface area (Å²) < 4.78 is 0. The fourth-order valence-electron chi connectivity index (χ4n) is 4.32. The van der Waals surface area contributed by atoms with E-state index in [0.717, 1.165) is 0 Å². The van der Waals surface area contributed by atoms with Crippen LogP contribution in [-0.4, -0.2) is 23.2 Å². The van der Waals surface area contributed by atoms with Gasteiger partial charge in [0, 0.05) is 0 Å². The maximum absolute atomic E-state index is 13.3. The number of hydrazone groups is 2. The number of amides is 2. The summed E-state index contributed by atoms with van der Waals surface area (Å²) in [6.07, 6.45) is 0. The van der Waals surface area contributed by atoms with Gasteiger partial charge in [0.1, 0.15) is 0 Å². The average molecular weight is 399 g/mol. The summed E-state index contributed by atoms with van der Waals surface area (Å²) in [5, 5.41) is 21.7. The summed E-state index contributed by atoms with van der Waals surface area (Å²) in [7, 11) is 0. The van der Waals surface area contributed by atoms with Crippen molar-refractivity contribution in [1.29, 1.82) is 5.26 Å². The molecule has 150 valence electrons. The Hall–Kier alpha value is -3.79. The lowest BCUT2D eigenvalue weighted by molar-refractivity contribution is -0.125. The molecule has 7 nitrogen and oxygen atoms in total. The van der Waals surface area contributed by atoms with Crippen LogP contribution in [0.15, 0.2) is 70.9 Å². The van der Waals surface area contributed by atoms with Crippen molar-refractivity contribution < 1.29 is 9.59 Å². The van der Waals surface area contributed by atoms with Crippen LogP contribution in [0.1, 0.15) is 20.8 Å². The SMILES string of the molecule is CC1=NN(c2ccccc2)C(=O)[C@@H]1C(C)(C#N)[C@H]1C(=O)N(c2ccccc2)N=C1C. The third-order valence-electron chi connectivity index (χ3n) is 5.70. The second kappa shape index (κ2) is 7.23. The number of rotatable bonds is 4. The van der Waals surface area contributed by atoms with Gasteiger partial charge in [0.2, 0.25) is 0 Å². The maximum Gasteiger partial charge on any atom is 0.257 e. The largest absolute Gasteiger partial charge is 0.272 e. The fourth-order valence-corrected chi connectivity index (χ4v) is 4.32. The Morgan fingerprint density at radius 1 is 0.800 bits per heavy atom. The number of para-hydroxylation sites is 2. The van der Waals surface area contributed by atoms with Gasteiger partial charge in [0.05, 0.1) is 46.1 Å². The highest BCUT2D eigenvalue weighted by Crippen LogP contribution is 2.44. The molecule has 2 atom stereocenters. The van der Waals surface area contributed by atoms with E-state index in [4.69, 9.17) is 0 Å². The first-order chi connectivity index (χ1) is 14.4. The molecule has 0 unspecified atom stereocenters. The van der Waals surface area contributed by atoms with Crippen molar-refractivity contribution in [1.82, 2.24) is 0 Å². The molecule has 0 bridgehead atoms. The molecule has 2 heterocycles. The molecule has 7 heteroatoms. The van der Waals surface area contributed by atoms with E-state index in [1.165, 1.54) is 10.0 Å². The van der Waals surface area contributed by atoms with Gasteiger partial charge < -0.3 is 0 Å². The summed E-state index contributed by atoms with van der Waals surface area (Å²) in [6, 6.07) is 20.4. The molecule has 2 aromatic carbocycles. The Kier molecular flexibility index (Phi) is 4.70. The van der Waals surface area contributed by atoms with E-state index in [1.807, 2.05) is 36.4 Å². The van der Waals surface area contributed by atoms with Crippen LogP contribution in [0.25, 0.3) is 0 Å². The Morgan fingerprint density at radius 3 is 1.50 bits per heavy atom. The minimum absolute atomic E-state index is 0.318. The van der Waals surface area contributed by atoms with E-state index in [9.17, 15) is 14.9 Å². The number of hydrogen-bond donors (Lipinski definition) is 0. The van der Waals surface area contributed by atoms with Crippen molar-refractivity contribution in [3.63, 3.8) is 0 Å². The first-order valence-corrected chi connectivity index (χ1v) is 9.68. The normalized spacial score (nSPS) is 21.5. The van der Waals surface area contributed by atoms with Crippen molar-refractivity contribution >= 4 is 34.6 Å². The van der Waals surface area contributed by atoms with Gasteiger partial charge in [-0.1, -0.05) is 36.4 Å². The third kappa shape index (κ3) is 2.89. The molecule has 30 heavy (non-hydrogen) atoms. The maximum atomic E-state index is 13.3. The van der Waals surface area contributed by atoms with Gasteiger partial charge in [-0.15, -0.1) is 0 Å². The van der Waals surface area contributed by atoms with Gasteiger partial charge in [-0.3, -0.25) is 9.59 Å². The Labute approximate surface area is 174 Å². The summed E-state index contributed by atoms with van der Waals surface area (Å²) in [5.74, 6) is -2.34. The van der Waals surface area contributed by atoms with E-state index in [0.29, 0.717) is 22.8 Å². The summed E-state index contributed by atoms with van der Waals surface area (Å²) >= 11 is 0. The highest BCUT2D eigenvalue weighted by Gasteiger charge is 2.57. The van der Waals surface area contributed by atoms with E-state index >= 15 is 0 Å². The lowest BCUT2D eigenvalue weighted by Crippen LogP contribution is -2.48. The molecule has 0 radical (unpaired) electrons. The van der Waals surface area contributed by atoms with Crippen LogP contribution >= 0.6 is 0 Å². The molecule has 0 saturated heterocycles. The highest BCUT2D eigenvalue weighted by molar-refractivity contribution is 6.20. The van der Waals surface area contributed by atoms with Gasteiger partial charge in [-0.05, 0) is 45.0 Å². The molecular formula is C23H21N5O2. The number of hydrogen-bond acceptors (Lipinski definition) is 5. The zero-order valence-electron chi connectivity index (χ0n) is 17.0. The molecule has 0 aliphatic carbocycles. The standard InChI is InChI=1S/C23H21N5O2/c1-15-19(21(29)27(25-15)17-10-6-4-7-11-17)23(3,14-24)20-16(2)26-28(22(20)30)18-12-8-5-9-13-18/h4-13,19-20H,1-3H3/t19-,20-/m1/s1. The molecule has 0 saturated carbocycles. The van der Waals surface area contributed by atoms with E-state index in [-0.39, 0.29) is 11.8 Å². The number of carbonyl (C=O) groups is 2. The zero-order valence-corrected chi connectivity index (χ0v) is 17.0. The first kappa shape index (κ1) is 19.5. The molecule has 2 aliphatic rings. The summed E-state index contributed by atoms with van der Waals surface area (Å²) in [4.78, 5) is 26.7. The Bertz CT molecular complexity index is 1020. The number of carbonyl (C=O) groups excluding carboxylic acids is 2. The molecule has 2 amide bonds.